The minimum atomic E-state index is -0.876. The van der Waals surface area contributed by atoms with E-state index in [0.29, 0.717) is 18.3 Å². The molecule has 146 valence electrons. The molecule has 0 amide bonds. The van der Waals surface area contributed by atoms with E-state index in [1.807, 2.05) is 25.8 Å². The van der Waals surface area contributed by atoms with Crippen LogP contribution in [0.4, 0.5) is 0 Å². The van der Waals surface area contributed by atoms with Gasteiger partial charge in [0.1, 0.15) is 0 Å². The second-order valence-corrected chi connectivity index (χ2v) is 7.17. The minimum Gasteiger partial charge on any atom is -0.481 e. The maximum absolute atomic E-state index is 11.0. The number of rotatable bonds is 6. The molecule has 1 saturated carbocycles. The van der Waals surface area contributed by atoms with Crippen LogP contribution in [0.25, 0.3) is 0 Å². The minimum absolute atomic E-state index is 0.0312. The molecule has 3 rings (SSSR count). The van der Waals surface area contributed by atoms with E-state index >= 15 is 0 Å². The molecule has 0 radical (unpaired) electrons. The molecule has 2 aliphatic rings. The van der Waals surface area contributed by atoms with Crippen LogP contribution >= 0.6 is 0 Å². The van der Waals surface area contributed by atoms with E-state index in [2.05, 4.69) is 23.4 Å². The maximum Gasteiger partial charge on any atom is 0.303 e. The molecule has 1 aromatic rings. The summed E-state index contributed by atoms with van der Waals surface area (Å²) in [5.74, 6) is 0.170. The average molecular weight is 373 g/mol. The van der Waals surface area contributed by atoms with E-state index < -0.39 is 11.7 Å². The monoisotopic (exact) mass is 373 g/mol. The van der Waals surface area contributed by atoms with Crippen molar-refractivity contribution >= 4 is 17.7 Å². The van der Waals surface area contributed by atoms with Crippen molar-refractivity contribution < 1.29 is 19.5 Å². The first kappa shape index (κ1) is 19.2. The molecule has 0 saturated heterocycles. The molecule has 1 fully saturated rings. The van der Waals surface area contributed by atoms with Crippen LogP contribution in [0.3, 0.4) is 0 Å². The molecule has 27 heavy (non-hydrogen) atoms. The highest BCUT2D eigenvalue weighted by Crippen LogP contribution is 2.41. The topological polar surface area (TPSA) is 83.7 Å². The van der Waals surface area contributed by atoms with Crippen LogP contribution in [0.15, 0.2) is 28.5 Å². The number of hydrazone groups is 1. The van der Waals surface area contributed by atoms with Crippen LogP contribution in [-0.2, 0) is 14.4 Å². The summed E-state index contributed by atoms with van der Waals surface area (Å²) in [5.41, 5.74) is 2.62. The largest absolute Gasteiger partial charge is 0.481 e. The number of carboxylic acids is 1. The molecule has 1 heterocycles. The van der Waals surface area contributed by atoms with Crippen molar-refractivity contribution in [2.24, 2.45) is 10.3 Å². The van der Waals surface area contributed by atoms with Crippen molar-refractivity contribution in [1.82, 2.24) is 5.01 Å². The lowest BCUT2D eigenvalue weighted by atomic mass is 10.1. The van der Waals surface area contributed by atoms with Gasteiger partial charge in [-0.2, -0.15) is 5.01 Å². The normalized spacial score (nSPS) is 18.6. The number of benzene rings is 1. The van der Waals surface area contributed by atoms with Gasteiger partial charge in [0.05, 0.1) is 13.0 Å². The fourth-order valence-electron chi connectivity index (χ4n) is 3.69. The van der Waals surface area contributed by atoms with Gasteiger partial charge >= 0.3 is 5.97 Å². The van der Waals surface area contributed by atoms with Crippen LogP contribution in [0, 0.1) is 13.8 Å². The molecule has 1 N–H and O–H groups in total. The predicted octanol–water partition coefficient (Wildman–Crippen LogP) is 3.78. The number of carboxylic acid groups (broad SMARTS) is 1. The summed E-state index contributed by atoms with van der Waals surface area (Å²) in [5, 5.41) is 19.9. The quantitative estimate of drug-likeness (QED) is 0.606. The molecule has 0 aromatic heterocycles. The highest BCUT2D eigenvalue weighted by Gasteiger charge is 2.49. The lowest BCUT2D eigenvalue weighted by Gasteiger charge is -2.30. The van der Waals surface area contributed by atoms with Crippen molar-refractivity contribution in [2.75, 3.05) is 6.61 Å². The molecule has 0 unspecified atom stereocenters. The Labute approximate surface area is 159 Å². The van der Waals surface area contributed by atoms with E-state index in [4.69, 9.17) is 19.8 Å². The summed E-state index contributed by atoms with van der Waals surface area (Å²) < 4.78 is 5.62. The Hall–Kier alpha value is -2.57. The van der Waals surface area contributed by atoms with E-state index in [-0.39, 0.29) is 12.8 Å². The van der Waals surface area contributed by atoms with Crippen LogP contribution in [0.5, 0.6) is 0 Å². The summed E-state index contributed by atoms with van der Waals surface area (Å²) in [4.78, 5) is 16.9. The number of aryl methyl sites for hydroxylation is 2. The summed E-state index contributed by atoms with van der Waals surface area (Å²) in [6, 6.07) is 6.23. The zero-order chi connectivity index (χ0) is 19.4. The van der Waals surface area contributed by atoms with Gasteiger partial charge in [0.15, 0.2) is 5.84 Å². The third kappa shape index (κ3) is 4.23. The Morgan fingerprint density at radius 3 is 2.52 bits per heavy atom. The van der Waals surface area contributed by atoms with Crippen molar-refractivity contribution in [3.8, 4) is 0 Å². The van der Waals surface area contributed by atoms with Crippen molar-refractivity contribution in [2.45, 2.75) is 65.0 Å². The molecular formula is C20H27N3O4. The first-order valence-corrected chi connectivity index (χ1v) is 9.51. The standard InChI is InChI=1S/C20H27N3O4/c1-4-26-17(7-8-18(24)25)21-23-19(16-12-14(2)11-15(3)13-16)22-27-20(23)9-5-6-10-20/h11-13H,4-10H2,1-3H3,(H,24,25). The highest BCUT2D eigenvalue weighted by molar-refractivity contribution is 6.00. The summed E-state index contributed by atoms with van der Waals surface area (Å²) in [6.07, 6.45) is 3.94. The van der Waals surface area contributed by atoms with Gasteiger partial charge in [0, 0.05) is 24.8 Å². The first-order chi connectivity index (χ1) is 12.9. The van der Waals surface area contributed by atoms with Crippen LogP contribution in [0.2, 0.25) is 0 Å². The first-order valence-electron chi connectivity index (χ1n) is 9.51. The summed E-state index contributed by atoms with van der Waals surface area (Å²) in [6.45, 7) is 6.38. The molecule has 1 aromatic carbocycles. The van der Waals surface area contributed by atoms with Gasteiger partial charge in [-0.15, -0.1) is 5.10 Å². The Morgan fingerprint density at radius 1 is 1.26 bits per heavy atom. The smallest absolute Gasteiger partial charge is 0.303 e. The van der Waals surface area contributed by atoms with Crippen LogP contribution in [0.1, 0.15) is 62.1 Å². The number of oxime groups is 1. The van der Waals surface area contributed by atoms with Gasteiger partial charge in [0.25, 0.3) is 0 Å². The molecule has 0 bridgehead atoms. The predicted molar refractivity (Wildman–Crippen MR) is 103 cm³/mol. The van der Waals surface area contributed by atoms with Crippen LogP contribution in [-0.4, -0.2) is 40.1 Å². The van der Waals surface area contributed by atoms with Crippen molar-refractivity contribution in [3.05, 3.63) is 34.9 Å². The lowest BCUT2D eigenvalue weighted by Crippen LogP contribution is -2.44. The highest BCUT2D eigenvalue weighted by atomic mass is 16.7. The summed E-state index contributed by atoms with van der Waals surface area (Å²) in [7, 11) is 0. The second kappa shape index (κ2) is 7.98. The molecule has 1 spiro atoms. The number of amidine groups is 1. The fourth-order valence-corrected chi connectivity index (χ4v) is 3.69. The van der Waals surface area contributed by atoms with E-state index in [0.717, 1.165) is 42.4 Å². The summed E-state index contributed by atoms with van der Waals surface area (Å²) >= 11 is 0. The molecule has 1 aliphatic carbocycles. The van der Waals surface area contributed by atoms with Gasteiger partial charge in [-0.3, -0.25) is 4.79 Å². The Morgan fingerprint density at radius 2 is 1.93 bits per heavy atom. The molecule has 7 heteroatoms. The van der Waals surface area contributed by atoms with E-state index in [1.165, 1.54) is 0 Å². The Kier molecular flexibility index (Phi) is 5.68. The number of carbonyl (C=O) groups is 1. The fraction of sp³-hybridized carbons (Fsp3) is 0.550. The third-order valence-corrected chi connectivity index (χ3v) is 4.83. The van der Waals surface area contributed by atoms with Gasteiger partial charge < -0.3 is 14.7 Å². The molecule has 1 aliphatic heterocycles. The third-order valence-electron chi connectivity index (χ3n) is 4.83. The SMILES string of the molecule is CCOC(CCC(=O)O)=NN1C(c2cc(C)cc(C)c2)=NOC12CCCC2. The van der Waals surface area contributed by atoms with Crippen molar-refractivity contribution in [3.63, 3.8) is 0 Å². The van der Waals surface area contributed by atoms with Gasteiger partial charge in [0.2, 0.25) is 11.6 Å². The second-order valence-electron chi connectivity index (χ2n) is 7.17. The number of ether oxygens (including phenoxy) is 1. The zero-order valence-electron chi connectivity index (χ0n) is 16.2. The number of hydrogen-bond acceptors (Lipinski definition) is 6. The number of nitrogens with zero attached hydrogens (tertiary/aromatic N) is 3. The van der Waals surface area contributed by atoms with Crippen molar-refractivity contribution in [1.29, 1.82) is 0 Å². The lowest BCUT2D eigenvalue weighted by molar-refractivity contribution is -0.136. The number of hydrogen-bond donors (Lipinski definition) is 1. The zero-order valence-corrected chi connectivity index (χ0v) is 16.2. The van der Waals surface area contributed by atoms with E-state index in [1.54, 1.807) is 0 Å². The molecule has 7 nitrogen and oxygen atoms in total. The van der Waals surface area contributed by atoms with E-state index in [9.17, 15) is 4.79 Å². The molecule has 0 atom stereocenters. The van der Waals surface area contributed by atoms with Gasteiger partial charge in [-0.25, -0.2) is 0 Å². The number of aliphatic carboxylic acids is 1. The van der Waals surface area contributed by atoms with Gasteiger partial charge in [-0.1, -0.05) is 22.3 Å². The van der Waals surface area contributed by atoms with Crippen LogP contribution < -0.4 is 0 Å². The molecular weight excluding hydrogens is 346 g/mol. The maximum atomic E-state index is 11.0. The van der Waals surface area contributed by atoms with Gasteiger partial charge in [-0.05, 0) is 45.7 Å². The Bertz CT molecular complexity index is 746. The Balaban J connectivity index is 1.97. The average Bonchev–Trinajstić information content (AvgIpc) is 3.21.